The molecule has 3 unspecified atom stereocenters. The Balaban J connectivity index is 1.80. The third kappa shape index (κ3) is 2.15. The molecule has 100 valence electrons. The summed E-state index contributed by atoms with van der Waals surface area (Å²) in [5.41, 5.74) is 6.40. The Labute approximate surface area is 106 Å². The second kappa shape index (κ2) is 4.89. The van der Waals surface area contributed by atoms with Crippen LogP contribution in [0.1, 0.15) is 59.3 Å². The maximum atomic E-state index is 6.18. The molecule has 2 fully saturated rings. The minimum Gasteiger partial charge on any atom is -0.378 e. The van der Waals surface area contributed by atoms with Gasteiger partial charge in [-0.05, 0) is 61.8 Å². The molecule has 2 N–H and O–H groups in total. The number of hydrogen-bond acceptors (Lipinski definition) is 2. The van der Waals surface area contributed by atoms with Crippen molar-refractivity contribution in [2.75, 3.05) is 13.2 Å². The summed E-state index contributed by atoms with van der Waals surface area (Å²) in [5.74, 6) is 0.890. The lowest BCUT2D eigenvalue weighted by atomic mass is 9.70. The van der Waals surface area contributed by atoms with Crippen molar-refractivity contribution in [3.05, 3.63) is 0 Å². The van der Waals surface area contributed by atoms with Crippen molar-refractivity contribution >= 4 is 0 Å². The highest BCUT2D eigenvalue weighted by Crippen LogP contribution is 2.66. The molecule has 2 nitrogen and oxygen atoms in total. The van der Waals surface area contributed by atoms with Crippen molar-refractivity contribution in [2.24, 2.45) is 22.5 Å². The number of unbranched alkanes of at least 4 members (excludes halogenated alkanes) is 2. The Bertz CT molecular complexity index is 264. The largest absolute Gasteiger partial charge is 0.378 e. The average molecular weight is 239 g/mol. The number of rotatable bonds is 6. The van der Waals surface area contributed by atoms with E-state index >= 15 is 0 Å². The smallest absolute Gasteiger partial charge is 0.0636 e. The minimum atomic E-state index is 0.422. The fourth-order valence-electron chi connectivity index (χ4n) is 4.03. The van der Waals surface area contributed by atoms with E-state index in [2.05, 4.69) is 20.8 Å². The molecule has 2 bridgehead atoms. The predicted molar refractivity (Wildman–Crippen MR) is 71.9 cm³/mol. The molecular weight excluding hydrogens is 210 g/mol. The van der Waals surface area contributed by atoms with Crippen molar-refractivity contribution in [1.29, 1.82) is 0 Å². The maximum Gasteiger partial charge on any atom is 0.0636 e. The van der Waals surface area contributed by atoms with E-state index in [0.717, 1.165) is 25.5 Å². The Kier molecular flexibility index (Phi) is 3.84. The summed E-state index contributed by atoms with van der Waals surface area (Å²) in [6.45, 7) is 9.09. The van der Waals surface area contributed by atoms with E-state index in [9.17, 15) is 0 Å². The summed E-state index contributed by atoms with van der Waals surface area (Å²) in [4.78, 5) is 0. The van der Waals surface area contributed by atoms with Crippen LogP contribution < -0.4 is 5.73 Å². The molecule has 2 aliphatic rings. The minimum absolute atomic E-state index is 0.422. The van der Waals surface area contributed by atoms with Crippen molar-refractivity contribution in [2.45, 2.75) is 65.4 Å². The van der Waals surface area contributed by atoms with Gasteiger partial charge in [-0.25, -0.2) is 0 Å². The van der Waals surface area contributed by atoms with Gasteiger partial charge in [-0.3, -0.25) is 0 Å². The molecule has 0 aromatic carbocycles. The third-order valence-electron chi connectivity index (χ3n) is 5.88. The lowest BCUT2D eigenvalue weighted by Gasteiger charge is -2.39. The number of fused-ring (bicyclic) bond motifs is 2. The normalized spacial score (nSPS) is 38.8. The van der Waals surface area contributed by atoms with Gasteiger partial charge in [-0.1, -0.05) is 20.8 Å². The first-order chi connectivity index (χ1) is 8.02. The van der Waals surface area contributed by atoms with Crippen LogP contribution in [-0.2, 0) is 4.74 Å². The van der Waals surface area contributed by atoms with Crippen molar-refractivity contribution in [3.63, 3.8) is 0 Å². The topological polar surface area (TPSA) is 35.2 Å². The molecule has 2 rings (SSSR count). The average Bonchev–Trinajstić information content (AvgIpc) is 2.61. The molecule has 0 aliphatic heterocycles. The Morgan fingerprint density at radius 3 is 2.47 bits per heavy atom. The van der Waals surface area contributed by atoms with Crippen molar-refractivity contribution < 1.29 is 4.74 Å². The van der Waals surface area contributed by atoms with E-state index in [1.54, 1.807) is 0 Å². The van der Waals surface area contributed by atoms with Crippen LogP contribution in [0.3, 0.4) is 0 Å². The van der Waals surface area contributed by atoms with E-state index in [4.69, 9.17) is 10.5 Å². The Morgan fingerprint density at radius 2 is 1.94 bits per heavy atom. The quantitative estimate of drug-likeness (QED) is 0.721. The van der Waals surface area contributed by atoms with Crippen LogP contribution in [0.15, 0.2) is 0 Å². The SMILES string of the molecule is CC1(C)C2CCC1(C)C(OCCCCCN)C2. The second-order valence-electron chi connectivity index (χ2n) is 6.82. The van der Waals surface area contributed by atoms with Gasteiger partial charge in [0.1, 0.15) is 0 Å². The molecule has 0 spiro atoms. The Hall–Kier alpha value is -0.0800. The molecule has 0 heterocycles. The predicted octanol–water partition coefficient (Wildman–Crippen LogP) is 3.35. The highest BCUT2D eigenvalue weighted by molar-refractivity contribution is 5.11. The summed E-state index contributed by atoms with van der Waals surface area (Å²) < 4.78 is 6.18. The fraction of sp³-hybridized carbons (Fsp3) is 1.00. The second-order valence-corrected chi connectivity index (χ2v) is 6.82. The van der Waals surface area contributed by atoms with Gasteiger partial charge in [0.05, 0.1) is 6.10 Å². The summed E-state index contributed by atoms with van der Waals surface area (Å²) in [6, 6.07) is 0. The number of ether oxygens (including phenoxy) is 1. The molecule has 2 saturated carbocycles. The Morgan fingerprint density at radius 1 is 1.18 bits per heavy atom. The van der Waals surface area contributed by atoms with E-state index < -0.39 is 0 Å². The first-order valence-corrected chi connectivity index (χ1v) is 7.34. The zero-order chi connectivity index (χ0) is 12.5. The lowest BCUT2D eigenvalue weighted by Crippen LogP contribution is -2.37. The van der Waals surface area contributed by atoms with Crippen molar-refractivity contribution in [1.82, 2.24) is 0 Å². The molecule has 0 aromatic heterocycles. The van der Waals surface area contributed by atoms with Crippen LogP contribution >= 0.6 is 0 Å². The van der Waals surface area contributed by atoms with Gasteiger partial charge in [0, 0.05) is 6.61 Å². The highest BCUT2D eigenvalue weighted by atomic mass is 16.5. The lowest BCUT2D eigenvalue weighted by molar-refractivity contribution is -0.0474. The van der Waals surface area contributed by atoms with Gasteiger partial charge in [-0.2, -0.15) is 0 Å². The van der Waals surface area contributed by atoms with Crippen LogP contribution in [0.25, 0.3) is 0 Å². The number of hydrogen-bond donors (Lipinski definition) is 1. The monoisotopic (exact) mass is 239 g/mol. The van der Waals surface area contributed by atoms with Crippen LogP contribution in [0.4, 0.5) is 0 Å². The van der Waals surface area contributed by atoms with Crippen LogP contribution in [0.5, 0.6) is 0 Å². The fourth-order valence-corrected chi connectivity index (χ4v) is 4.03. The zero-order valence-electron chi connectivity index (χ0n) is 11.8. The van der Waals surface area contributed by atoms with Crippen molar-refractivity contribution in [3.8, 4) is 0 Å². The van der Waals surface area contributed by atoms with Gasteiger partial charge < -0.3 is 10.5 Å². The summed E-state index contributed by atoms with van der Waals surface area (Å²) >= 11 is 0. The molecule has 0 radical (unpaired) electrons. The molecule has 2 aliphatic carbocycles. The summed E-state index contributed by atoms with van der Waals surface area (Å²) in [6.07, 6.45) is 8.10. The zero-order valence-corrected chi connectivity index (χ0v) is 11.8. The molecule has 17 heavy (non-hydrogen) atoms. The molecular formula is C15H29NO. The van der Waals surface area contributed by atoms with Gasteiger partial charge in [0.2, 0.25) is 0 Å². The van der Waals surface area contributed by atoms with Crippen LogP contribution in [0, 0.1) is 16.7 Å². The summed E-state index contributed by atoms with van der Waals surface area (Å²) in [7, 11) is 0. The summed E-state index contributed by atoms with van der Waals surface area (Å²) in [5, 5.41) is 0. The maximum absolute atomic E-state index is 6.18. The molecule has 0 aromatic rings. The third-order valence-corrected chi connectivity index (χ3v) is 5.88. The van der Waals surface area contributed by atoms with E-state index in [-0.39, 0.29) is 0 Å². The van der Waals surface area contributed by atoms with E-state index in [1.807, 2.05) is 0 Å². The van der Waals surface area contributed by atoms with E-state index in [0.29, 0.717) is 16.9 Å². The first-order valence-electron chi connectivity index (χ1n) is 7.34. The molecule has 0 amide bonds. The first kappa shape index (κ1) is 13.4. The highest BCUT2D eigenvalue weighted by Gasteiger charge is 2.61. The molecule has 0 saturated heterocycles. The van der Waals surface area contributed by atoms with Gasteiger partial charge >= 0.3 is 0 Å². The standard InChI is InChI=1S/C15H29NO/c1-14(2)12-7-8-15(14,3)13(11-12)17-10-6-4-5-9-16/h12-13H,4-11,16H2,1-3H3. The van der Waals surface area contributed by atoms with Gasteiger partial charge in [-0.15, -0.1) is 0 Å². The molecule has 3 atom stereocenters. The van der Waals surface area contributed by atoms with E-state index in [1.165, 1.54) is 32.1 Å². The number of nitrogens with two attached hydrogens (primary N) is 1. The molecule has 2 heteroatoms. The van der Waals surface area contributed by atoms with Gasteiger partial charge in [0.25, 0.3) is 0 Å². The van der Waals surface area contributed by atoms with Crippen LogP contribution in [0.2, 0.25) is 0 Å². The van der Waals surface area contributed by atoms with Gasteiger partial charge in [0.15, 0.2) is 0 Å². The van der Waals surface area contributed by atoms with Crippen LogP contribution in [-0.4, -0.2) is 19.3 Å².